The molecule has 0 unspecified atom stereocenters. The van der Waals surface area contributed by atoms with Gasteiger partial charge >= 0.3 is 0 Å². The smallest absolute Gasteiger partial charge is 0.244 e. The molecule has 0 aromatic carbocycles. The molecule has 9 nitrogen and oxygen atoms in total. The highest BCUT2D eigenvalue weighted by molar-refractivity contribution is 6.28. The van der Waals surface area contributed by atoms with E-state index in [2.05, 4.69) is 25.8 Å². The lowest BCUT2D eigenvalue weighted by molar-refractivity contribution is -0.331. The number of nitrogens with one attached hydrogen (secondary N) is 2. The molecule has 0 amide bonds. The van der Waals surface area contributed by atoms with Gasteiger partial charge in [0.2, 0.25) is 11.2 Å². The predicted molar refractivity (Wildman–Crippen MR) is 76.4 cm³/mol. The molecule has 1 aliphatic rings. The van der Waals surface area contributed by atoms with Crippen molar-refractivity contribution in [2.45, 2.75) is 0 Å². The molecule has 1 aromatic rings. The third-order valence-electron chi connectivity index (χ3n) is 3.13. The molecule has 0 bridgehead atoms. The summed E-state index contributed by atoms with van der Waals surface area (Å²) in [5, 5.41) is 15.6. The van der Waals surface area contributed by atoms with Gasteiger partial charge in [-0.1, -0.05) is 0 Å². The monoisotopic (exact) mass is 317 g/mol. The van der Waals surface area contributed by atoms with Crippen molar-refractivity contribution in [1.82, 2.24) is 36.1 Å². The zero-order valence-electron chi connectivity index (χ0n) is 11.9. The second-order valence-electron chi connectivity index (χ2n) is 4.55. The summed E-state index contributed by atoms with van der Waals surface area (Å²) in [6, 6.07) is 1.53. The number of piperazine rings is 1. The fourth-order valence-electron chi connectivity index (χ4n) is 1.94. The van der Waals surface area contributed by atoms with E-state index in [0.29, 0.717) is 13.1 Å². The molecule has 0 aliphatic carbocycles. The third-order valence-corrected chi connectivity index (χ3v) is 3.31. The molecule has 0 spiro atoms. The Bertz CT molecular complexity index is 431. The maximum Gasteiger partial charge on any atom is 0.244 e. The summed E-state index contributed by atoms with van der Waals surface area (Å²) in [6.45, 7) is 5.10. The maximum absolute atomic E-state index is 9.88. The second-order valence-corrected chi connectivity index (χ2v) is 4.88. The Labute approximate surface area is 128 Å². The molecule has 0 radical (unpaired) electrons. The first-order valence-electron chi connectivity index (χ1n) is 6.71. The Morgan fingerprint density at radius 2 is 2.19 bits per heavy atom. The number of hydrazine groups is 2. The minimum Gasteiger partial charge on any atom is -0.370 e. The summed E-state index contributed by atoms with van der Waals surface area (Å²) in [5.74, 6) is 0.224. The molecule has 0 saturated carbocycles. The van der Waals surface area contributed by atoms with Crippen molar-refractivity contribution in [1.29, 1.82) is 0 Å². The molecule has 0 atom stereocenters. The van der Waals surface area contributed by atoms with Crippen LogP contribution >= 0.6 is 11.6 Å². The Balaban J connectivity index is 1.71. The molecule has 3 N–H and O–H groups in total. The number of nitrogens with zero attached hydrogens (tertiary/aromatic N) is 5. The van der Waals surface area contributed by atoms with Crippen LogP contribution in [0.15, 0.2) is 12.3 Å². The zero-order valence-corrected chi connectivity index (χ0v) is 12.6. The van der Waals surface area contributed by atoms with Crippen molar-refractivity contribution >= 4 is 11.6 Å². The van der Waals surface area contributed by atoms with Crippen molar-refractivity contribution < 1.29 is 10.0 Å². The van der Waals surface area contributed by atoms with Gasteiger partial charge in [-0.2, -0.15) is 9.99 Å². The summed E-state index contributed by atoms with van der Waals surface area (Å²) in [4.78, 5) is 15.0. The summed E-state index contributed by atoms with van der Waals surface area (Å²) >= 11 is 5.64. The van der Waals surface area contributed by atoms with Crippen molar-refractivity contribution in [3.05, 3.63) is 17.5 Å². The Morgan fingerprint density at radius 1 is 1.43 bits per heavy atom. The van der Waals surface area contributed by atoms with E-state index in [0.717, 1.165) is 31.5 Å². The van der Waals surface area contributed by atoms with Crippen LogP contribution in [0.2, 0.25) is 5.28 Å². The molecule has 1 saturated heterocycles. The maximum atomic E-state index is 9.88. The molecule has 10 heteroatoms. The van der Waals surface area contributed by atoms with Crippen LogP contribution in [0.3, 0.4) is 0 Å². The first kappa shape index (κ1) is 16.3. The quantitative estimate of drug-likeness (QED) is 0.449. The predicted octanol–water partition coefficient (Wildman–Crippen LogP) is -0.628. The first-order valence-corrected chi connectivity index (χ1v) is 7.08. The molecule has 1 aromatic heterocycles. The summed E-state index contributed by atoms with van der Waals surface area (Å²) in [6.07, 6.45) is 1.47. The van der Waals surface area contributed by atoms with Crippen LogP contribution in [0.4, 0.5) is 0 Å². The number of aromatic nitrogens is 2. The first-order chi connectivity index (χ1) is 10.2. The Hall–Kier alpha value is -1.07. The van der Waals surface area contributed by atoms with E-state index in [9.17, 15) is 5.21 Å². The van der Waals surface area contributed by atoms with E-state index < -0.39 is 0 Å². The average Bonchev–Trinajstić information content (AvgIpc) is 2.51. The molecular weight excluding hydrogens is 298 g/mol. The molecular formula is C11H20ClN7O2. The summed E-state index contributed by atoms with van der Waals surface area (Å²) in [5.41, 5.74) is 2.39. The minimum absolute atomic E-state index is 0.0805. The third kappa shape index (κ3) is 5.32. The van der Waals surface area contributed by atoms with Gasteiger partial charge in [0, 0.05) is 51.5 Å². The lowest BCUT2D eigenvalue weighted by Gasteiger charge is -2.37. The molecule has 21 heavy (non-hydrogen) atoms. The van der Waals surface area contributed by atoms with Crippen LogP contribution in [0.25, 0.3) is 0 Å². The number of hydrogen-bond donors (Lipinski definition) is 3. The fraction of sp³-hybridized carbons (Fsp3) is 0.636. The molecule has 118 valence electrons. The van der Waals surface area contributed by atoms with Crippen LogP contribution in [-0.2, 0) is 0 Å². The highest BCUT2D eigenvalue weighted by Crippen LogP contribution is 2.08. The van der Waals surface area contributed by atoms with Crippen molar-refractivity contribution in [3.8, 4) is 5.88 Å². The number of likely N-dealkylation sites (N-methyl/N-ethyl adjacent to an activating group) is 1. The van der Waals surface area contributed by atoms with Crippen LogP contribution in [-0.4, -0.2) is 76.7 Å². The van der Waals surface area contributed by atoms with Gasteiger partial charge in [0.1, 0.15) is 0 Å². The van der Waals surface area contributed by atoms with E-state index in [1.54, 1.807) is 5.01 Å². The van der Waals surface area contributed by atoms with E-state index in [4.69, 9.17) is 16.4 Å². The summed E-state index contributed by atoms with van der Waals surface area (Å²) in [7, 11) is 1.94. The van der Waals surface area contributed by atoms with Gasteiger partial charge in [0.05, 0.1) is 0 Å². The van der Waals surface area contributed by atoms with Gasteiger partial charge in [-0.3, -0.25) is 10.1 Å². The normalized spacial score (nSPS) is 17.3. The average molecular weight is 318 g/mol. The largest absolute Gasteiger partial charge is 0.370 e. The highest BCUT2D eigenvalue weighted by Gasteiger charge is 2.21. The lowest BCUT2D eigenvalue weighted by atomic mass is 10.3. The van der Waals surface area contributed by atoms with Gasteiger partial charge < -0.3 is 10.2 Å². The fourth-order valence-corrected chi connectivity index (χ4v) is 2.08. The van der Waals surface area contributed by atoms with Gasteiger partial charge in [-0.25, -0.2) is 4.98 Å². The van der Waals surface area contributed by atoms with Gasteiger partial charge in [-0.15, -0.1) is 0 Å². The van der Waals surface area contributed by atoms with Gasteiger partial charge in [0.25, 0.3) is 0 Å². The van der Waals surface area contributed by atoms with Gasteiger partial charge in [-0.05, 0) is 29.5 Å². The lowest BCUT2D eigenvalue weighted by Crippen LogP contribution is -2.57. The van der Waals surface area contributed by atoms with E-state index >= 15 is 0 Å². The molecule has 2 heterocycles. The molecule has 2 rings (SSSR count). The van der Waals surface area contributed by atoms with E-state index in [-0.39, 0.29) is 11.2 Å². The summed E-state index contributed by atoms with van der Waals surface area (Å²) < 4.78 is 0. The number of hydrogen-bond acceptors (Lipinski definition) is 9. The Morgan fingerprint density at radius 3 is 2.86 bits per heavy atom. The minimum atomic E-state index is 0.0805. The van der Waals surface area contributed by atoms with Crippen molar-refractivity contribution in [3.63, 3.8) is 0 Å². The SMILES string of the molecule is CNCCN1CCN(N(O)NOc2ccnc(Cl)n2)CC1. The van der Waals surface area contributed by atoms with Crippen molar-refractivity contribution in [2.24, 2.45) is 0 Å². The standard InChI is InChI=1S/C11H20ClN7O2/c1-13-4-5-17-6-8-18(9-7-17)19(20)16-21-10-2-3-14-11(12)15-10/h2-3,13,16,20H,4-9H2,1H3. The molecule has 1 fully saturated rings. The Kier molecular flexibility index (Phi) is 6.51. The zero-order chi connectivity index (χ0) is 15.1. The van der Waals surface area contributed by atoms with Crippen LogP contribution < -0.4 is 15.7 Å². The topological polar surface area (TPSA) is 89.0 Å². The molecule has 1 aliphatic heterocycles. The van der Waals surface area contributed by atoms with Crippen molar-refractivity contribution in [2.75, 3.05) is 46.3 Å². The van der Waals surface area contributed by atoms with Crippen LogP contribution in [0.5, 0.6) is 5.88 Å². The van der Waals surface area contributed by atoms with Crippen LogP contribution in [0, 0.1) is 0 Å². The second kappa shape index (κ2) is 8.39. The van der Waals surface area contributed by atoms with Crippen LogP contribution in [0.1, 0.15) is 0 Å². The number of rotatable bonds is 7. The van der Waals surface area contributed by atoms with E-state index in [1.165, 1.54) is 12.3 Å². The highest BCUT2D eigenvalue weighted by atomic mass is 35.5. The van der Waals surface area contributed by atoms with E-state index in [1.807, 2.05) is 7.05 Å². The van der Waals surface area contributed by atoms with Gasteiger partial charge in [0.15, 0.2) is 0 Å². The number of halogens is 1.